The topological polar surface area (TPSA) is 219 Å². The largest absolute Gasteiger partial charge is 0.469 e. The van der Waals surface area contributed by atoms with Crippen LogP contribution in [0.5, 0.6) is 0 Å². The molecule has 8 N–H and O–H groups in total. The fourth-order valence-corrected chi connectivity index (χ4v) is 1.88. The lowest BCUT2D eigenvalue weighted by atomic mass is 9.90. The summed E-state index contributed by atoms with van der Waals surface area (Å²) in [4.78, 5) is 41.9. The average Bonchev–Trinajstić information content (AvgIpc) is 2.99. The molecule has 1 fully saturated rings. The summed E-state index contributed by atoms with van der Waals surface area (Å²) < 4.78 is 14.1. The normalized spacial score (nSPS) is 19.9. The molecule has 2 radical (unpaired) electrons. The first-order valence-corrected chi connectivity index (χ1v) is 9.71. The van der Waals surface area contributed by atoms with Crippen molar-refractivity contribution in [2.45, 2.75) is 70.5 Å². The van der Waals surface area contributed by atoms with E-state index in [-0.39, 0.29) is 43.0 Å². The van der Waals surface area contributed by atoms with Gasteiger partial charge in [0.05, 0.1) is 32.0 Å². The number of aliphatic hydroxyl groups is 1. The van der Waals surface area contributed by atoms with E-state index in [2.05, 4.69) is 15.3 Å². The number of amides is 1. The first kappa shape index (κ1) is 31.8. The number of esters is 2. The van der Waals surface area contributed by atoms with Crippen molar-refractivity contribution in [3.63, 3.8) is 0 Å². The fourth-order valence-electron chi connectivity index (χ4n) is 1.88. The molecule has 1 saturated heterocycles. The molecule has 0 saturated carbocycles. The van der Waals surface area contributed by atoms with Crippen LogP contribution in [0.3, 0.4) is 0 Å². The third-order valence-electron chi connectivity index (χ3n) is 3.41. The molecular weight excluding hydrogens is 425 g/mol. The summed E-state index contributed by atoms with van der Waals surface area (Å²) in [5.74, 6) is -1.04. The Kier molecular flexibility index (Phi) is 18.1. The van der Waals surface area contributed by atoms with Crippen LogP contribution in [0.2, 0.25) is 0 Å². The number of nitrogens with one attached hydrogen (secondary N) is 1. The summed E-state index contributed by atoms with van der Waals surface area (Å²) >= 11 is 0. The number of hydrazone groups is 1. The second-order valence-electron chi connectivity index (χ2n) is 6.63. The molecule has 32 heavy (non-hydrogen) atoms. The van der Waals surface area contributed by atoms with Crippen LogP contribution in [0.1, 0.15) is 40.0 Å². The molecule has 1 aliphatic heterocycles. The predicted octanol–water partition coefficient (Wildman–Crippen LogP) is -2.60. The lowest BCUT2D eigenvalue weighted by Gasteiger charge is -2.12. The molecule has 1 aliphatic rings. The van der Waals surface area contributed by atoms with E-state index in [1.807, 2.05) is 6.92 Å². The zero-order valence-corrected chi connectivity index (χ0v) is 18.9. The van der Waals surface area contributed by atoms with Gasteiger partial charge in [0, 0.05) is 38.2 Å². The number of carbonyl (C=O) groups is 4. The maximum absolute atomic E-state index is 10.7. The summed E-state index contributed by atoms with van der Waals surface area (Å²) in [5.41, 5.74) is 18.3. The quantitative estimate of drug-likeness (QED) is 0.104. The molecule has 0 aliphatic carbocycles. The Balaban J connectivity index is 0. The van der Waals surface area contributed by atoms with Crippen molar-refractivity contribution in [1.29, 1.82) is 0 Å². The van der Waals surface area contributed by atoms with Crippen LogP contribution in [0, 0.1) is 0 Å². The zero-order valence-electron chi connectivity index (χ0n) is 18.9. The first-order valence-electron chi connectivity index (χ1n) is 9.71. The minimum atomic E-state index is -1.09. The molecule has 5 atom stereocenters. The number of cyclic esters (lactones) is 1. The molecule has 182 valence electrons. The molecule has 0 spiro atoms. The molecule has 1 heterocycles. The molecule has 13 nitrogen and oxygen atoms in total. The van der Waals surface area contributed by atoms with Gasteiger partial charge in [-0.2, -0.15) is 5.10 Å². The van der Waals surface area contributed by atoms with Crippen molar-refractivity contribution in [2.75, 3.05) is 13.7 Å². The van der Waals surface area contributed by atoms with Crippen LogP contribution in [0.25, 0.3) is 0 Å². The van der Waals surface area contributed by atoms with Crippen molar-refractivity contribution >= 4 is 37.7 Å². The minimum absolute atomic E-state index is 0.0413. The van der Waals surface area contributed by atoms with Gasteiger partial charge >= 0.3 is 11.9 Å². The van der Waals surface area contributed by atoms with Crippen LogP contribution in [0.15, 0.2) is 5.10 Å². The fraction of sp³-hybridized carbons (Fsp3) is 0.722. The predicted molar refractivity (Wildman–Crippen MR) is 116 cm³/mol. The van der Waals surface area contributed by atoms with Gasteiger partial charge in [-0.25, -0.2) is 5.43 Å². The summed E-state index contributed by atoms with van der Waals surface area (Å²) in [5, 5.41) is 12.1. The van der Waals surface area contributed by atoms with Gasteiger partial charge in [-0.05, 0) is 13.8 Å². The molecule has 0 bridgehead atoms. The molecule has 5 unspecified atom stereocenters. The molecule has 0 aromatic carbocycles. The van der Waals surface area contributed by atoms with Gasteiger partial charge in [-0.3, -0.25) is 19.2 Å². The number of hydrogen-bond acceptors (Lipinski definition) is 12. The Morgan fingerprint density at radius 2 is 1.94 bits per heavy atom. The second kappa shape index (κ2) is 18.2. The SMILES string of the molecule is CCOC1OC(=O)CC1N.COC(=O)CC(N)/C=N\NC(C)=O.[B]C(O)C(N)CC(C)=O. The van der Waals surface area contributed by atoms with E-state index in [0.717, 1.165) is 0 Å². The number of carbonyl (C=O) groups excluding carboxylic acids is 4. The lowest BCUT2D eigenvalue weighted by Crippen LogP contribution is -2.36. The summed E-state index contributed by atoms with van der Waals surface area (Å²) in [7, 11) is 6.24. The molecule has 1 amide bonds. The highest BCUT2D eigenvalue weighted by Crippen LogP contribution is 2.13. The van der Waals surface area contributed by atoms with Gasteiger partial charge in [-0.15, -0.1) is 0 Å². The summed E-state index contributed by atoms with van der Waals surface area (Å²) in [6.07, 6.45) is 1.21. The van der Waals surface area contributed by atoms with E-state index in [0.29, 0.717) is 6.61 Å². The molecule has 1 rings (SSSR count). The Hall–Kier alpha value is -2.39. The summed E-state index contributed by atoms with van der Waals surface area (Å²) in [6, 6.07) is -2.54. The smallest absolute Gasteiger partial charge is 0.309 e. The van der Waals surface area contributed by atoms with Crippen LogP contribution in [-0.4, -0.2) is 86.9 Å². The Labute approximate surface area is 188 Å². The van der Waals surface area contributed by atoms with Crippen molar-refractivity contribution in [2.24, 2.45) is 22.3 Å². The molecule has 0 aromatic rings. The average molecular weight is 459 g/mol. The number of hydrogen-bond donors (Lipinski definition) is 5. The van der Waals surface area contributed by atoms with Gasteiger partial charge < -0.3 is 36.5 Å². The number of aliphatic hydroxyl groups excluding tert-OH is 1. The highest BCUT2D eigenvalue weighted by molar-refractivity contribution is 6.11. The van der Waals surface area contributed by atoms with Gasteiger partial charge in [0.25, 0.3) is 0 Å². The highest BCUT2D eigenvalue weighted by Gasteiger charge is 2.32. The van der Waals surface area contributed by atoms with Crippen molar-refractivity contribution < 1.29 is 38.5 Å². The number of rotatable bonds is 9. The van der Waals surface area contributed by atoms with Crippen molar-refractivity contribution in [1.82, 2.24) is 5.43 Å². The minimum Gasteiger partial charge on any atom is -0.469 e. The highest BCUT2D eigenvalue weighted by atomic mass is 16.7. The molecule has 14 heteroatoms. The van der Waals surface area contributed by atoms with Gasteiger partial charge in [-0.1, -0.05) is 0 Å². The van der Waals surface area contributed by atoms with Crippen LogP contribution in [0.4, 0.5) is 0 Å². The third-order valence-corrected chi connectivity index (χ3v) is 3.41. The number of nitrogens with zero attached hydrogens (tertiary/aromatic N) is 1. The van der Waals surface area contributed by atoms with E-state index >= 15 is 0 Å². The lowest BCUT2D eigenvalue weighted by molar-refractivity contribution is -0.162. The Morgan fingerprint density at radius 1 is 1.34 bits per heavy atom. The number of methoxy groups -OCH3 is 1. The first-order chi connectivity index (χ1) is 14.8. The summed E-state index contributed by atoms with van der Waals surface area (Å²) in [6.45, 7) is 5.08. The van der Waals surface area contributed by atoms with Crippen LogP contribution in [-0.2, 0) is 33.4 Å². The van der Waals surface area contributed by atoms with Gasteiger partial charge in [0.2, 0.25) is 12.2 Å². The maximum atomic E-state index is 10.7. The van der Waals surface area contributed by atoms with Crippen molar-refractivity contribution in [3.05, 3.63) is 0 Å². The number of nitrogens with two attached hydrogens (primary N) is 3. The maximum Gasteiger partial charge on any atom is 0.309 e. The zero-order chi connectivity index (χ0) is 25.3. The third kappa shape index (κ3) is 18.4. The standard InChI is InChI=1S/C7H13N3O3.C6H11NO3.C5H10BNO2/c1-5(11)10-9-4-6(8)3-7(12)13-2;1-2-9-6-4(7)3-5(8)10-6;1-3(8)2-4(7)5(6)9/h4,6H,3,8H2,1-2H3,(H,10,11);4,6H,2-3,7H2,1H3;4-5,9H,2,7H2,1H3/b9-4-;;. The Morgan fingerprint density at radius 3 is 2.28 bits per heavy atom. The van der Waals surface area contributed by atoms with Gasteiger partial charge in [0.1, 0.15) is 13.6 Å². The Bertz CT molecular complexity index is 620. The van der Waals surface area contributed by atoms with Crippen LogP contribution < -0.4 is 22.6 Å². The van der Waals surface area contributed by atoms with E-state index in [4.69, 9.17) is 39.6 Å². The van der Waals surface area contributed by atoms with E-state index in [9.17, 15) is 19.2 Å². The molecular formula is C18H34BN5O8. The second-order valence-corrected chi connectivity index (χ2v) is 6.63. The van der Waals surface area contributed by atoms with E-state index in [1.165, 1.54) is 27.2 Å². The number of Topliss-reactive ketones (excluding diaryl/α,β-unsaturated/α-hetero) is 1. The van der Waals surface area contributed by atoms with E-state index < -0.39 is 30.3 Å². The monoisotopic (exact) mass is 459 g/mol. The number of ketones is 1. The van der Waals surface area contributed by atoms with Crippen LogP contribution >= 0.6 is 0 Å². The number of ether oxygens (including phenoxy) is 3. The van der Waals surface area contributed by atoms with Crippen molar-refractivity contribution in [3.8, 4) is 0 Å². The van der Waals surface area contributed by atoms with Gasteiger partial charge in [0.15, 0.2) is 0 Å². The van der Waals surface area contributed by atoms with E-state index in [1.54, 1.807) is 0 Å². The molecule has 0 aromatic heterocycles.